The zero-order chi connectivity index (χ0) is 22.7. The lowest BCUT2D eigenvalue weighted by molar-refractivity contribution is -0.136. The minimum atomic E-state index is -0.883. The SMILES string of the molecule is CCc1oc2ccc(-c3cccc(CN)c3)cc2c1COc1cc(C)ccc1CC(=O)O. The monoisotopic (exact) mass is 429 g/mol. The number of ether oxygens (including phenoxy) is 1. The average molecular weight is 430 g/mol. The Morgan fingerprint density at radius 2 is 1.88 bits per heavy atom. The molecule has 1 aromatic heterocycles. The Hall–Kier alpha value is -3.57. The van der Waals surface area contributed by atoms with Crippen molar-refractivity contribution in [2.45, 2.75) is 39.8 Å². The summed E-state index contributed by atoms with van der Waals surface area (Å²) >= 11 is 0. The fourth-order valence-corrected chi connectivity index (χ4v) is 3.96. The highest BCUT2D eigenvalue weighted by molar-refractivity contribution is 5.87. The second kappa shape index (κ2) is 9.28. The number of fused-ring (bicyclic) bond motifs is 1. The number of nitrogens with two attached hydrogens (primary N) is 1. The van der Waals surface area contributed by atoms with Gasteiger partial charge in [0.2, 0.25) is 0 Å². The Kier molecular flexibility index (Phi) is 6.28. The number of rotatable bonds is 8. The summed E-state index contributed by atoms with van der Waals surface area (Å²) in [7, 11) is 0. The summed E-state index contributed by atoms with van der Waals surface area (Å²) in [5, 5.41) is 10.2. The summed E-state index contributed by atoms with van der Waals surface area (Å²) in [6.45, 7) is 4.81. The van der Waals surface area contributed by atoms with Gasteiger partial charge in [-0.15, -0.1) is 0 Å². The molecule has 0 radical (unpaired) electrons. The lowest BCUT2D eigenvalue weighted by Crippen LogP contribution is -2.05. The Labute approximate surface area is 187 Å². The third kappa shape index (κ3) is 4.53. The van der Waals surface area contributed by atoms with Gasteiger partial charge in [0.15, 0.2) is 0 Å². The Balaban J connectivity index is 1.71. The first-order valence-electron chi connectivity index (χ1n) is 10.8. The molecule has 0 atom stereocenters. The molecule has 0 amide bonds. The molecule has 3 N–H and O–H groups in total. The second-order valence-electron chi connectivity index (χ2n) is 7.94. The second-order valence-corrected chi connectivity index (χ2v) is 7.94. The molecule has 1 heterocycles. The third-order valence-corrected chi connectivity index (χ3v) is 5.63. The van der Waals surface area contributed by atoms with Gasteiger partial charge < -0.3 is 20.0 Å². The summed E-state index contributed by atoms with van der Waals surface area (Å²) in [6, 6.07) is 20.0. The maximum atomic E-state index is 11.3. The molecule has 164 valence electrons. The van der Waals surface area contributed by atoms with Gasteiger partial charge in [-0.05, 0) is 53.4 Å². The number of benzene rings is 3. The van der Waals surface area contributed by atoms with E-state index < -0.39 is 5.97 Å². The number of carboxylic acids is 1. The summed E-state index contributed by atoms with van der Waals surface area (Å²) in [5.74, 6) is 0.585. The van der Waals surface area contributed by atoms with Crippen molar-refractivity contribution < 1.29 is 19.1 Å². The molecule has 0 aliphatic rings. The molecule has 32 heavy (non-hydrogen) atoms. The number of carbonyl (C=O) groups is 1. The number of aliphatic carboxylic acids is 1. The predicted molar refractivity (Wildman–Crippen MR) is 126 cm³/mol. The minimum absolute atomic E-state index is 0.0794. The van der Waals surface area contributed by atoms with E-state index in [2.05, 4.69) is 31.2 Å². The molecule has 0 saturated heterocycles. The maximum Gasteiger partial charge on any atom is 0.307 e. The molecule has 4 aromatic rings. The molecule has 0 fully saturated rings. The fourth-order valence-electron chi connectivity index (χ4n) is 3.96. The van der Waals surface area contributed by atoms with Crippen LogP contribution in [0.1, 0.15) is 34.9 Å². The van der Waals surface area contributed by atoms with Crippen molar-refractivity contribution in [1.29, 1.82) is 0 Å². The summed E-state index contributed by atoms with van der Waals surface area (Å²) < 4.78 is 12.3. The quantitative estimate of drug-likeness (QED) is 0.379. The van der Waals surface area contributed by atoms with Crippen LogP contribution in [0.4, 0.5) is 0 Å². The van der Waals surface area contributed by atoms with Crippen LogP contribution in [-0.2, 0) is 30.8 Å². The highest BCUT2D eigenvalue weighted by atomic mass is 16.5. The van der Waals surface area contributed by atoms with Gasteiger partial charge in [0.25, 0.3) is 0 Å². The van der Waals surface area contributed by atoms with Crippen molar-refractivity contribution in [3.63, 3.8) is 0 Å². The van der Waals surface area contributed by atoms with Crippen LogP contribution >= 0.6 is 0 Å². The lowest BCUT2D eigenvalue weighted by atomic mass is 10.00. The van der Waals surface area contributed by atoms with Gasteiger partial charge >= 0.3 is 5.97 Å². The Morgan fingerprint density at radius 1 is 1.06 bits per heavy atom. The lowest BCUT2D eigenvalue weighted by Gasteiger charge is -2.12. The zero-order valence-electron chi connectivity index (χ0n) is 18.4. The van der Waals surface area contributed by atoms with Crippen LogP contribution in [-0.4, -0.2) is 11.1 Å². The van der Waals surface area contributed by atoms with E-state index in [0.717, 1.165) is 51.0 Å². The van der Waals surface area contributed by atoms with Crippen molar-refractivity contribution in [3.05, 3.63) is 88.7 Å². The van der Waals surface area contributed by atoms with Gasteiger partial charge in [-0.25, -0.2) is 0 Å². The van der Waals surface area contributed by atoms with E-state index in [1.165, 1.54) is 0 Å². The predicted octanol–water partition coefficient (Wildman–Crippen LogP) is 5.64. The van der Waals surface area contributed by atoms with E-state index in [9.17, 15) is 9.90 Å². The molecule has 0 unspecified atom stereocenters. The van der Waals surface area contributed by atoms with E-state index in [4.69, 9.17) is 14.9 Å². The normalized spacial score (nSPS) is 11.1. The van der Waals surface area contributed by atoms with Gasteiger partial charge in [0, 0.05) is 29.5 Å². The third-order valence-electron chi connectivity index (χ3n) is 5.63. The summed E-state index contributed by atoms with van der Waals surface area (Å²) in [5.41, 5.74) is 12.6. The minimum Gasteiger partial charge on any atom is -0.488 e. The van der Waals surface area contributed by atoms with Gasteiger partial charge in [-0.1, -0.05) is 43.3 Å². The molecule has 4 rings (SSSR count). The molecule has 0 bridgehead atoms. The molecular formula is C27H27NO4. The van der Waals surface area contributed by atoms with Crippen LogP contribution in [0.15, 0.2) is 65.1 Å². The maximum absolute atomic E-state index is 11.3. The molecule has 0 aliphatic heterocycles. The molecule has 0 saturated carbocycles. The standard InChI is InChI=1S/C27H27NO4/c1-3-24-23(16-31-26-11-17(2)7-8-21(26)14-27(29)30)22-13-20(9-10-25(22)32-24)19-6-4-5-18(12-19)15-28/h4-13H,3,14-16,28H2,1-2H3,(H,29,30). The van der Waals surface area contributed by atoms with E-state index >= 15 is 0 Å². The summed E-state index contributed by atoms with van der Waals surface area (Å²) in [6.07, 6.45) is 0.658. The first-order valence-corrected chi connectivity index (χ1v) is 10.8. The molecular weight excluding hydrogens is 402 g/mol. The first kappa shape index (κ1) is 21.7. The van der Waals surface area contributed by atoms with Gasteiger partial charge in [-0.2, -0.15) is 0 Å². The van der Waals surface area contributed by atoms with E-state index in [0.29, 0.717) is 24.5 Å². The van der Waals surface area contributed by atoms with E-state index in [1.54, 1.807) is 0 Å². The topological polar surface area (TPSA) is 85.7 Å². The van der Waals surface area contributed by atoms with E-state index in [-0.39, 0.29) is 6.42 Å². The highest BCUT2D eigenvalue weighted by Gasteiger charge is 2.16. The molecule has 5 nitrogen and oxygen atoms in total. The molecule has 3 aromatic carbocycles. The van der Waals surface area contributed by atoms with Crippen molar-refractivity contribution >= 4 is 16.9 Å². The van der Waals surface area contributed by atoms with Gasteiger partial charge in [-0.3, -0.25) is 4.79 Å². The van der Waals surface area contributed by atoms with Crippen LogP contribution in [0.25, 0.3) is 22.1 Å². The summed E-state index contributed by atoms with van der Waals surface area (Å²) in [4.78, 5) is 11.3. The van der Waals surface area contributed by atoms with Crippen LogP contribution < -0.4 is 10.5 Å². The van der Waals surface area contributed by atoms with Crippen molar-refractivity contribution in [1.82, 2.24) is 0 Å². The average Bonchev–Trinajstić information content (AvgIpc) is 3.15. The van der Waals surface area contributed by atoms with Crippen LogP contribution in [0, 0.1) is 6.92 Å². The zero-order valence-corrected chi connectivity index (χ0v) is 18.4. The van der Waals surface area contributed by atoms with Gasteiger partial charge in [0.05, 0.1) is 6.42 Å². The fraction of sp³-hybridized carbons (Fsp3) is 0.222. The molecule has 0 aliphatic carbocycles. The number of carboxylic acid groups (broad SMARTS) is 1. The van der Waals surface area contributed by atoms with Gasteiger partial charge in [0.1, 0.15) is 23.7 Å². The van der Waals surface area contributed by atoms with E-state index in [1.807, 2.05) is 43.3 Å². The molecule has 0 spiro atoms. The Bertz CT molecular complexity index is 1270. The molecule has 5 heteroatoms. The van der Waals surface area contributed by atoms with Crippen LogP contribution in [0.5, 0.6) is 5.75 Å². The largest absolute Gasteiger partial charge is 0.488 e. The van der Waals surface area contributed by atoms with Crippen LogP contribution in [0.2, 0.25) is 0 Å². The highest BCUT2D eigenvalue weighted by Crippen LogP contribution is 2.33. The Morgan fingerprint density at radius 3 is 2.62 bits per heavy atom. The number of aryl methyl sites for hydroxylation is 2. The number of hydrogen-bond donors (Lipinski definition) is 2. The van der Waals surface area contributed by atoms with Crippen molar-refractivity contribution in [2.24, 2.45) is 5.73 Å². The smallest absolute Gasteiger partial charge is 0.307 e. The van der Waals surface area contributed by atoms with Crippen LogP contribution in [0.3, 0.4) is 0 Å². The first-order chi connectivity index (χ1) is 15.5. The van der Waals surface area contributed by atoms with Crippen molar-refractivity contribution in [2.75, 3.05) is 0 Å². The van der Waals surface area contributed by atoms with Crippen molar-refractivity contribution in [3.8, 4) is 16.9 Å². The number of hydrogen-bond acceptors (Lipinski definition) is 4. The number of furan rings is 1.